The van der Waals surface area contributed by atoms with Gasteiger partial charge >= 0.3 is 0 Å². The lowest BCUT2D eigenvalue weighted by atomic mass is 9.64. The van der Waals surface area contributed by atoms with E-state index in [0.29, 0.717) is 0 Å². The van der Waals surface area contributed by atoms with Gasteiger partial charge in [-0.1, -0.05) is 36.8 Å². The van der Waals surface area contributed by atoms with Crippen LogP contribution in [0.4, 0.5) is 0 Å². The van der Waals surface area contributed by atoms with Crippen LogP contribution in [0.5, 0.6) is 0 Å². The third-order valence-corrected chi connectivity index (χ3v) is 5.79. The van der Waals surface area contributed by atoms with Gasteiger partial charge in [0, 0.05) is 43.0 Å². The first-order chi connectivity index (χ1) is 11.7. The lowest BCUT2D eigenvalue weighted by molar-refractivity contribution is 0.244. The van der Waals surface area contributed by atoms with E-state index < -0.39 is 0 Å². The van der Waals surface area contributed by atoms with Crippen molar-refractivity contribution in [3.05, 3.63) is 52.0 Å². The Kier molecular flexibility index (Phi) is 5.51. The van der Waals surface area contributed by atoms with Gasteiger partial charge in [-0.3, -0.25) is 4.99 Å². The molecule has 1 heterocycles. The first-order valence-corrected chi connectivity index (χ1v) is 9.45. The topological polar surface area (TPSA) is 49.3 Å². The minimum atomic E-state index is 0.269. The Bertz CT molecular complexity index is 674. The number of aliphatic imine (C=N–C) groups is 1. The predicted molar refractivity (Wildman–Crippen MR) is 102 cm³/mol. The fourth-order valence-electron chi connectivity index (χ4n) is 3.24. The molecule has 0 bridgehead atoms. The average Bonchev–Trinajstić information content (AvgIpc) is 2.98. The smallest absolute Gasteiger partial charge is 0.191 e. The van der Waals surface area contributed by atoms with Gasteiger partial charge in [-0.2, -0.15) is 0 Å². The SMILES string of the molecule is CN=C(NCCc1ncc(C)s1)NCC1(c2ccccc2)CCC1. The molecule has 1 aliphatic rings. The lowest BCUT2D eigenvalue weighted by Gasteiger charge is -2.43. The number of rotatable bonds is 6. The van der Waals surface area contributed by atoms with E-state index in [4.69, 9.17) is 0 Å². The summed E-state index contributed by atoms with van der Waals surface area (Å²) >= 11 is 1.76. The second-order valence-corrected chi connectivity index (χ2v) is 7.79. The maximum Gasteiger partial charge on any atom is 0.191 e. The van der Waals surface area contributed by atoms with E-state index in [1.807, 2.05) is 13.2 Å². The molecule has 24 heavy (non-hydrogen) atoms. The van der Waals surface area contributed by atoms with Gasteiger partial charge in [0.05, 0.1) is 5.01 Å². The Morgan fingerprint density at radius 2 is 2.04 bits per heavy atom. The standard InChI is InChI=1S/C19H26N4S/c1-15-13-22-17(24-15)9-12-21-18(20-2)23-14-19(10-6-11-19)16-7-4-3-5-8-16/h3-5,7-8,13H,6,9-12,14H2,1-2H3,(H2,20,21,23). The van der Waals surface area contributed by atoms with Gasteiger partial charge in [-0.25, -0.2) is 4.98 Å². The van der Waals surface area contributed by atoms with Crippen molar-refractivity contribution in [1.29, 1.82) is 0 Å². The number of hydrogen-bond donors (Lipinski definition) is 2. The molecule has 1 aliphatic carbocycles. The van der Waals surface area contributed by atoms with Crippen molar-refractivity contribution >= 4 is 17.3 Å². The number of thiazole rings is 1. The maximum atomic E-state index is 4.40. The molecular weight excluding hydrogens is 316 g/mol. The highest BCUT2D eigenvalue weighted by molar-refractivity contribution is 7.11. The van der Waals surface area contributed by atoms with Crippen LogP contribution >= 0.6 is 11.3 Å². The fraction of sp³-hybridized carbons (Fsp3) is 0.474. The number of guanidine groups is 1. The van der Waals surface area contributed by atoms with Gasteiger partial charge in [-0.15, -0.1) is 11.3 Å². The van der Waals surface area contributed by atoms with Crippen molar-refractivity contribution in [2.45, 2.75) is 38.0 Å². The number of benzene rings is 1. The first-order valence-electron chi connectivity index (χ1n) is 8.63. The summed E-state index contributed by atoms with van der Waals surface area (Å²) in [5.74, 6) is 0.880. The molecule has 3 rings (SSSR count). The molecular formula is C19H26N4S. The molecule has 4 nitrogen and oxygen atoms in total. The van der Waals surface area contributed by atoms with Gasteiger partial charge in [0.25, 0.3) is 0 Å². The third kappa shape index (κ3) is 3.96. The van der Waals surface area contributed by atoms with Crippen LogP contribution in [0.3, 0.4) is 0 Å². The molecule has 0 saturated heterocycles. The molecule has 0 unspecified atom stereocenters. The number of aryl methyl sites for hydroxylation is 1. The molecule has 0 atom stereocenters. The van der Waals surface area contributed by atoms with Crippen LogP contribution in [0.25, 0.3) is 0 Å². The lowest BCUT2D eigenvalue weighted by Crippen LogP contribution is -2.49. The Morgan fingerprint density at radius 1 is 1.25 bits per heavy atom. The minimum Gasteiger partial charge on any atom is -0.356 e. The minimum absolute atomic E-state index is 0.269. The number of nitrogens with zero attached hydrogens (tertiary/aromatic N) is 2. The summed E-state index contributed by atoms with van der Waals surface area (Å²) in [5.41, 5.74) is 1.71. The van der Waals surface area contributed by atoms with Crippen LogP contribution in [-0.2, 0) is 11.8 Å². The van der Waals surface area contributed by atoms with Crippen LogP contribution < -0.4 is 10.6 Å². The molecule has 1 aromatic heterocycles. The molecule has 0 spiro atoms. The number of hydrogen-bond acceptors (Lipinski definition) is 3. The zero-order valence-corrected chi connectivity index (χ0v) is 15.3. The van der Waals surface area contributed by atoms with Crippen molar-refractivity contribution in [3.63, 3.8) is 0 Å². The number of nitrogens with one attached hydrogen (secondary N) is 2. The van der Waals surface area contributed by atoms with Crippen LogP contribution in [0.15, 0.2) is 41.5 Å². The third-order valence-electron chi connectivity index (χ3n) is 4.82. The molecule has 0 amide bonds. The monoisotopic (exact) mass is 342 g/mol. The van der Waals surface area contributed by atoms with Crippen molar-refractivity contribution < 1.29 is 0 Å². The van der Waals surface area contributed by atoms with E-state index >= 15 is 0 Å². The van der Waals surface area contributed by atoms with Gasteiger partial charge in [-0.05, 0) is 25.3 Å². The molecule has 5 heteroatoms. The van der Waals surface area contributed by atoms with Gasteiger partial charge in [0.2, 0.25) is 0 Å². The van der Waals surface area contributed by atoms with Crippen LogP contribution in [-0.4, -0.2) is 31.1 Å². The molecule has 128 valence electrons. The van der Waals surface area contributed by atoms with Gasteiger partial charge in [0.15, 0.2) is 5.96 Å². The molecule has 0 aliphatic heterocycles. The normalized spacial score (nSPS) is 16.5. The van der Waals surface area contributed by atoms with E-state index in [9.17, 15) is 0 Å². The molecule has 1 saturated carbocycles. The van der Waals surface area contributed by atoms with E-state index in [0.717, 1.165) is 25.5 Å². The Balaban J connectivity index is 1.50. The van der Waals surface area contributed by atoms with E-state index in [2.05, 4.69) is 57.9 Å². The predicted octanol–water partition coefficient (Wildman–Crippen LogP) is 3.28. The average molecular weight is 343 g/mol. The van der Waals surface area contributed by atoms with E-state index in [-0.39, 0.29) is 5.41 Å². The zero-order chi connectivity index (χ0) is 16.8. The van der Waals surface area contributed by atoms with Crippen molar-refractivity contribution in [3.8, 4) is 0 Å². The zero-order valence-electron chi connectivity index (χ0n) is 14.5. The fourth-order valence-corrected chi connectivity index (χ4v) is 4.03. The highest BCUT2D eigenvalue weighted by Gasteiger charge is 2.38. The summed E-state index contributed by atoms with van der Waals surface area (Å²) in [6.07, 6.45) is 6.68. The summed E-state index contributed by atoms with van der Waals surface area (Å²) in [6.45, 7) is 3.88. The molecule has 2 aromatic rings. The summed E-state index contributed by atoms with van der Waals surface area (Å²) in [6, 6.07) is 10.9. The Morgan fingerprint density at radius 3 is 2.62 bits per heavy atom. The second-order valence-electron chi connectivity index (χ2n) is 6.47. The summed E-state index contributed by atoms with van der Waals surface area (Å²) in [5, 5.41) is 8.11. The van der Waals surface area contributed by atoms with Crippen LogP contribution in [0.1, 0.15) is 34.7 Å². The molecule has 2 N–H and O–H groups in total. The van der Waals surface area contributed by atoms with E-state index in [1.165, 1.54) is 34.7 Å². The highest BCUT2D eigenvalue weighted by Crippen LogP contribution is 2.43. The van der Waals surface area contributed by atoms with E-state index in [1.54, 1.807) is 11.3 Å². The summed E-state index contributed by atoms with van der Waals surface area (Å²) < 4.78 is 0. The molecule has 1 fully saturated rings. The summed E-state index contributed by atoms with van der Waals surface area (Å²) in [7, 11) is 1.83. The summed E-state index contributed by atoms with van der Waals surface area (Å²) in [4.78, 5) is 10.0. The Labute approximate surface area is 148 Å². The quantitative estimate of drug-likeness (QED) is 0.626. The highest BCUT2D eigenvalue weighted by atomic mass is 32.1. The second kappa shape index (κ2) is 7.79. The Hall–Kier alpha value is -1.88. The van der Waals surface area contributed by atoms with Gasteiger partial charge in [0.1, 0.15) is 0 Å². The first kappa shape index (κ1) is 17.0. The van der Waals surface area contributed by atoms with Crippen LogP contribution in [0, 0.1) is 6.92 Å². The van der Waals surface area contributed by atoms with Gasteiger partial charge < -0.3 is 10.6 Å². The van der Waals surface area contributed by atoms with Crippen LogP contribution in [0.2, 0.25) is 0 Å². The number of aromatic nitrogens is 1. The van der Waals surface area contributed by atoms with Crippen molar-refractivity contribution in [2.75, 3.05) is 20.1 Å². The maximum absolute atomic E-state index is 4.40. The van der Waals surface area contributed by atoms with Crippen molar-refractivity contribution in [1.82, 2.24) is 15.6 Å². The largest absolute Gasteiger partial charge is 0.356 e. The molecule has 0 radical (unpaired) electrons. The van der Waals surface area contributed by atoms with Crippen molar-refractivity contribution in [2.24, 2.45) is 4.99 Å². The molecule has 1 aromatic carbocycles.